The lowest BCUT2D eigenvalue weighted by molar-refractivity contribution is 0.102. The SMILES string of the molecule is COc1ccc(C(=O)Nc2ccc(-c3ccccc3)cc2)c(OC)c1OC. The number of benzene rings is 3. The van der Waals surface area contributed by atoms with Crippen molar-refractivity contribution in [2.24, 2.45) is 0 Å². The molecule has 0 aliphatic carbocycles. The average molecular weight is 363 g/mol. The van der Waals surface area contributed by atoms with Crippen LogP contribution in [0.4, 0.5) is 5.69 Å². The van der Waals surface area contributed by atoms with Gasteiger partial charge >= 0.3 is 0 Å². The number of hydrogen-bond donors (Lipinski definition) is 1. The molecule has 0 saturated heterocycles. The normalized spacial score (nSPS) is 10.2. The van der Waals surface area contributed by atoms with Crippen LogP contribution in [0.25, 0.3) is 11.1 Å². The van der Waals surface area contributed by atoms with E-state index < -0.39 is 0 Å². The van der Waals surface area contributed by atoms with Crippen molar-refractivity contribution < 1.29 is 19.0 Å². The van der Waals surface area contributed by atoms with E-state index in [2.05, 4.69) is 5.32 Å². The minimum absolute atomic E-state index is 0.291. The van der Waals surface area contributed by atoms with Gasteiger partial charge in [-0.1, -0.05) is 42.5 Å². The second kappa shape index (κ2) is 8.27. The first-order valence-electron chi connectivity index (χ1n) is 8.43. The quantitative estimate of drug-likeness (QED) is 0.694. The Morgan fingerprint density at radius 2 is 1.33 bits per heavy atom. The summed E-state index contributed by atoms with van der Waals surface area (Å²) in [7, 11) is 4.53. The molecule has 3 rings (SSSR count). The van der Waals surface area contributed by atoms with E-state index in [1.165, 1.54) is 21.3 Å². The van der Waals surface area contributed by atoms with Crippen LogP contribution >= 0.6 is 0 Å². The maximum atomic E-state index is 12.7. The van der Waals surface area contributed by atoms with E-state index in [4.69, 9.17) is 14.2 Å². The van der Waals surface area contributed by atoms with Gasteiger partial charge < -0.3 is 19.5 Å². The Hall–Kier alpha value is -3.47. The zero-order valence-corrected chi connectivity index (χ0v) is 15.5. The highest BCUT2D eigenvalue weighted by Gasteiger charge is 2.20. The van der Waals surface area contributed by atoms with E-state index in [9.17, 15) is 4.79 Å². The third kappa shape index (κ3) is 3.87. The van der Waals surface area contributed by atoms with Gasteiger partial charge in [-0.15, -0.1) is 0 Å². The molecular formula is C22H21NO4. The Morgan fingerprint density at radius 3 is 1.93 bits per heavy atom. The van der Waals surface area contributed by atoms with Crippen LogP contribution in [-0.2, 0) is 0 Å². The summed E-state index contributed by atoms with van der Waals surface area (Å²) in [5, 5.41) is 2.89. The molecule has 0 saturated carbocycles. The van der Waals surface area contributed by atoms with E-state index in [1.807, 2.05) is 54.6 Å². The number of carbonyl (C=O) groups excluding carboxylic acids is 1. The van der Waals surface area contributed by atoms with Gasteiger partial charge in [-0.2, -0.15) is 0 Å². The minimum atomic E-state index is -0.291. The van der Waals surface area contributed by atoms with Crippen molar-refractivity contribution in [2.45, 2.75) is 0 Å². The van der Waals surface area contributed by atoms with E-state index in [1.54, 1.807) is 12.1 Å². The van der Waals surface area contributed by atoms with E-state index in [0.717, 1.165) is 11.1 Å². The third-order valence-corrected chi connectivity index (χ3v) is 4.20. The number of nitrogens with one attached hydrogen (secondary N) is 1. The third-order valence-electron chi connectivity index (χ3n) is 4.20. The van der Waals surface area contributed by atoms with Crippen LogP contribution in [0.3, 0.4) is 0 Å². The number of hydrogen-bond acceptors (Lipinski definition) is 4. The highest BCUT2D eigenvalue weighted by molar-refractivity contribution is 6.07. The molecule has 0 aromatic heterocycles. The van der Waals surface area contributed by atoms with Gasteiger partial charge in [0.05, 0.1) is 26.9 Å². The molecule has 1 amide bonds. The van der Waals surface area contributed by atoms with Gasteiger partial charge in [-0.25, -0.2) is 0 Å². The number of anilines is 1. The van der Waals surface area contributed by atoms with Gasteiger partial charge in [0.2, 0.25) is 5.75 Å². The molecule has 0 fully saturated rings. The van der Waals surface area contributed by atoms with Crippen molar-refractivity contribution >= 4 is 11.6 Å². The molecule has 0 aliphatic rings. The molecule has 0 unspecified atom stereocenters. The fourth-order valence-electron chi connectivity index (χ4n) is 2.86. The maximum absolute atomic E-state index is 12.7. The predicted octanol–water partition coefficient (Wildman–Crippen LogP) is 4.63. The molecule has 0 bridgehead atoms. The van der Waals surface area contributed by atoms with Crippen molar-refractivity contribution in [3.63, 3.8) is 0 Å². The molecule has 0 aliphatic heterocycles. The second-order valence-electron chi connectivity index (χ2n) is 5.78. The topological polar surface area (TPSA) is 56.8 Å². The van der Waals surface area contributed by atoms with Crippen LogP contribution in [0.2, 0.25) is 0 Å². The van der Waals surface area contributed by atoms with Crippen molar-refractivity contribution in [2.75, 3.05) is 26.6 Å². The molecule has 3 aromatic carbocycles. The Morgan fingerprint density at radius 1 is 0.704 bits per heavy atom. The highest BCUT2D eigenvalue weighted by atomic mass is 16.5. The standard InChI is InChI=1S/C22H21NO4/c1-25-19-14-13-18(20(26-2)21(19)27-3)22(24)23-17-11-9-16(10-12-17)15-7-5-4-6-8-15/h4-14H,1-3H3,(H,23,24). The molecular weight excluding hydrogens is 342 g/mol. The van der Waals surface area contributed by atoms with Gasteiger partial charge in [0.25, 0.3) is 5.91 Å². The van der Waals surface area contributed by atoms with Gasteiger partial charge in [-0.05, 0) is 35.4 Å². The number of methoxy groups -OCH3 is 3. The average Bonchev–Trinajstić information content (AvgIpc) is 2.73. The summed E-state index contributed by atoms with van der Waals surface area (Å²) < 4.78 is 16.0. The maximum Gasteiger partial charge on any atom is 0.259 e. The summed E-state index contributed by atoms with van der Waals surface area (Å²) >= 11 is 0. The minimum Gasteiger partial charge on any atom is -0.493 e. The first kappa shape index (κ1) is 18.3. The predicted molar refractivity (Wildman–Crippen MR) is 106 cm³/mol. The van der Waals surface area contributed by atoms with Gasteiger partial charge in [0, 0.05) is 5.69 Å². The lowest BCUT2D eigenvalue weighted by Crippen LogP contribution is -2.14. The van der Waals surface area contributed by atoms with Crippen LogP contribution in [0, 0.1) is 0 Å². The summed E-state index contributed by atoms with van der Waals surface area (Å²) in [6.07, 6.45) is 0. The van der Waals surface area contributed by atoms with Crippen LogP contribution in [0.15, 0.2) is 66.7 Å². The molecule has 138 valence electrons. The first-order chi connectivity index (χ1) is 13.2. The smallest absolute Gasteiger partial charge is 0.259 e. The molecule has 3 aromatic rings. The lowest BCUT2D eigenvalue weighted by Gasteiger charge is -2.15. The molecule has 5 nitrogen and oxygen atoms in total. The second-order valence-corrected chi connectivity index (χ2v) is 5.78. The molecule has 1 N–H and O–H groups in total. The molecule has 0 heterocycles. The summed E-state index contributed by atoms with van der Waals surface area (Å²) in [6.45, 7) is 0. The monoisotopic (exact) mass is 363 g/mol. The van der Waals surface area contributed by atoms with Gasteiger partial charge in [-0.3, -0.25) is 4.79 Å². The Bertz CT molecular complexity index is 921. The van der Waals surface area contributed by atoms with Crippen LogP contribution < -0.4 is 19.5 Å². The molecule has 0 atom stereocenters. The lowest BCUT2D eigenvalue weighted by atomic mass is 10.1. The number of rotatable bonds is 6. The van der Waals surface area contributed by atoms with E-state index in [0.29, 0.717) is 28.5 Å². The fourth-order valence-corrected chi connectivity index (χ4v) is 2.86. The van der Waals surface area contributed by atoms with E-state index in [-0.39, 0.29) is 5.91 Å². The summed E-state index contributed by atoms with van der Waals surface area (Å²) in [6, 6.07) is 21.1. The highest BCUT2D eigenvalue weighted by Crippen LogP contribution is 2.40. The first-order valence-corrected chi connectivity index (χ1v) is 8.43. The fraction of sp³-hybridized carbons (Fsp3) is 0.136. The zero-order chi connectivity index (χ0) is 19.2. The van der Waals surface area contributed by atoms with Crippen molar-refractivity contribution in [1.29, 1.82) is 0 Å². The van der Waals surface area contributed by atoms with Crippen LogP contribution in [-0.4, -0.2) is 27.2 Å². The molecule has 5 heteroatoms. The molecule has 0 radical (unpaired) electrons. The van der Waals surface area contributed by atoms with Gasteiger partial charge in [0.1, 0.15) is 0 Å². The Kier molecular flexibility index (Phi) is 5.61. The van der Waals surface area contributed by atoms with Gasteiger partial charge in [0.15, 0.2) is 11.5 Å². The number of ether oxygens (including phenoxy) is 3. The van der Waals surface area contributed by atoms with Crippen molar-refractivity contribution in [3.05, 3.63) is 72.3 Å². The molecule has 27 heavy (non-hydrogen) atoms. The van der Waals surface area contributed by atoms with E-state index >= 15 is 0 Å². The Labute approximate surface area is 158 Å². The zero-order valence-electron chi connectivity index (χ0n) is 15.5. The number of carbonyl (C=O) groups is 1. The summed E-state index contributed by atoms with van der Waals surface area (Å²) in [5.74, 6) is 0.917. The van der Waals surface area contributed by atoms with Crippen LogP contribution in [0.5, 0.6) is 17.2 Å². The largest absolute Gasteiger partial charge is 0.493 e. The molecule has 0 spiro atoms. The van der Waals surface area contributed by atoms with Crippen molar-refractivity contribution in [1.82, 2.24) is 0 Å². The Balaban J connectivity index is 1.83. The van der Waals surface area contributed by atoms with Crippen molar-refractivity contribution in [3.8, 4) is 28.4 Å². The number of amides is 1. The summed E-state index contributed by atoms with van der Waals surface area (Å²) in [5.41, 5.74) is 3.26. The van der Waals surface area contributed by atoms with Crippen LogP contribution in [0.1, 0.15) is 10.4 Å². The summed E-state index contributed by atoms with van der Waals surface area (Å²) in [4.78, 5) is 12.7.